The van der Waals surface area contributed by atoms with E-state index in [0.717, 1.165) is 68.1 Å². The van der Waals surface area contributed by atoms with E-state index in [9.17, 15) is 0 Å². The molecule has 0 saturated carbocycles. The summed E-state index contributed by atoms with van der Waals surface area (Å²) < 4.78 is 13.0. The number of anilines is 3. The summed E-state index contributed by atoms with van der Waals surface area (Å²) in [5.74, 6) is 1.76. The van der Waals surface area contributed by atoms with Gasteiger partial charge in [-0.05, 0) is 99.8 Å². The van der Waals surface area contributed by atoms with E-state index in [0.29, 0.717) is 0 Å². The van der Waals surface area contributed by atoms with Crippen LogP contribution in [0.2, 0.25) is 0 Å². The molecule has 9 aromatic rings. The Morgan fingerprint density at radius 3 is 2.00 bits per heavy atom. The first-order valence-electron chi connectivity index (χ1n) is 17.1. The van der Waals surface area contributed by atoms with Crippen molar-refractivity contribution in [1.82, 2.24) is 0 Å². The van der Waals surface area contributed by atoms with Crippen molar-refractivity contribution in [2.24, 2.45) is 0 Å². The Bertz CT molecular complexity index is 2760. The molecule has 0 unspecified atom stereocenters. The lowest BCUT2D eigenvalue weighted by Crippen LogP contribution is -2.10. The minimum Gasteiger partial charge on any atom is -0.457 e. The summed E-state index contributed by atoms with van der Waals surface area (Å²) in [4.78, 5) is 2.36. The smallest absolute Gasteiger partial charge is 0.135 e. The average Bonchev–Trinajstić information content (AvgIpc) is 3.57. The van der Waals surface area contributed by atoms with E-state index in [1.165, 1.54) is 32.7 Å². The number of allylic oxidation sites excluding steroid dienone is 1. The molecule has 0 N–H and O–H groups in total. The van der Waals surface area contributed by atoms with Crippen molar-refractivity contribution in [3.63, 3.8) is 0 Å². The lowest BCUT2D eigenvalue weighted by molar-refractivity contribution is 0.499. The molecule has 0 fully saturated rings. The molecule has 1 aromatic heterocycles. The van der Waals surface area contributed by atoms with Gasteiger partial charge in [0.15, 0.2) is 0 Å². The van der Waals surface area contributed by atoms with E-state index in [-0.39, 0.29) is 0 Å². The molecule has 236 valence electrons. The average molecular weight is 642 g/mol. The van der Waals surface area contributed by atoms with Gasteiger partial charge in [0.25, 0.3) is 0 Å². The van der Waals surface area contributed by atoms with Crippen molar-refractivity contribution in [3.05, 3.63) is 187 Å². The van der Waals surface area contributed by atoms with Crippen LogP contribution in [0.15, 0.2) is 180 Å². The van der Waals surface area contributed by atoms with E-state index in [1.807, 2.05) is 30.3 Å². The Morgan fingerprint density at radius 2 is 1.12 bits per heavy atom. The molecular weight excluding hydrogens is 611 g/mol. The van der Waals surface area contributed by atoms with Crippen LogP contribution in [0, 0.1) is 0 Å². The molecule has 0 spiro atoms. The highest BCUT2D eigenvalue weighted by Crippen LogP contribution is 2.44. The SMILES string of the molecule is C1=C(c2ccccc2)Oc2ccc3oc4ccc(N(c5cccc(-c6ccccc6)c5)c5ccc6c(ccc7ccccc76)c5)cc4c3c2C1. The Balaban J connectivity index is 1.15. The fourth-order valence-corrected chi connectivity index (χ4v) is 7.52. The number of hydrogen-bond acceptors (Lipinski definition) is 3. The maximum atomic E-state index is 6.50. The third kappa shape index (κ3) is 4.75. The minimum absolute atomic E-state index is 0.761. The maximum Gasteiger partial charge on any atom is 0.135 e. The summed E-state index contributed by atoms with van der Waals surface area (Å²) in [7, 11) is 0. The molecule has 0 bridgehead atoms. The van der Waals surface area contributed by atoms with Crippen LogP contribution < -0.4 is 9.64 Å². The third-order valence-corrected chi connectivity index (χ3v) is 9.91. The summed E-state index contributed by atoms with van der Waals surface area (Å²) in [5.41, 5.74) is 9.53. The van der Waals surface area contributed by atoms with Crippen LogP contribution in [-0.2, 0) is 6.42 Å². The van der Waals surface area contributed by atoms with Gasteiger partial charge in [0.1, 0.15) is 22.7 Å². The number of furan rings is 1. The van der Waals surface area contributed by atoms with Crippen LogP contribution in [0.3, 0.4) is 0 Å². The quantitative estimate of drug-likeness (QED) is 0.175. The van der Waals surface area contributed by atoms with Gasteiger partial charge in [-0.3, -0.25) is 0 Å². The van der Waals surface area contributed by atoms with E-state index in [1.54, 1.807) is 0 Å². The minimum atomic E-state index is 0.761. The summed E-state index contributed by atoms with van der Waals surface area (Å²) in [6.07, 6.45) is 2.94. The van der Waals surface area contributed by atoms with E-state index < -0.39 is 0 Å². The standard InChI is InChI=1S/C47H31NO2/c1-3-10-31(11-4-1)34-15-9-16-36(28-34)48(37-20-22-40-35(29-37)19-18-32-12-7-8-17-39(32)40)38-21-24-45-42(30-38)47-41-23-25-43(33-13-5-2-6-14-33)49-44(41)26-27-46(47)50-45/h1-22,24-30H,23H2. The summed E-state index contributed by atoms with van der Waals surface area (Å²) in [5, 5.41) is 7.13. The topological polar surface area (TPSA) is 25.6 Å². The third-order valence-electron chi connectivity index (χ3n) is 9.91. The lowest BCUT2D eigenvalue weighted by Gasteiger charge is -2.26. The normalized spacial score (nSPS) is 12.6. The second-order valence-corrected chi connectivity index (χ2v) is 12.9. The Labute approximate surface area is 289 Å². The fourth-order valence-electron chi connectivity index (χ4n) is 7.52. The molecule has 0 saturated heterocycles. The summed E-state index contributed by atoms with van der Waals surface area (Å²) in [6.45, 7) is 0. The van der Waals surface area contributed by atoms with Crippen molar-refractivity contribution in [2.75, 3.05) is 4.90 Å². The maximum absolute atomic E-state index is 6.50. The number of benzene rings is 8. The predicted octanol–water partition coefficient (Wildman–Crippen LogP) is 13.0. The molecule has 0 amide bonds. The van der Waals surface area contributed by atoms with Gasteiger partial charge in [0, 0.05) is 39.0 Å². The van der Waals surface area contributed by atoms with Gasteiger partial charge in [0.2, 0.25) is 0 Å². The van der Waals surface area contributed by atoms with Crippen LogP contribution in [-0.4, -0.2) is 0 Å². The van der Waals surface area contributed by atoms with Crippen LogP contribution in [0.1, 0.15) is 11.1 Å². The lowest BCUT2D eigenvalue weighted by atomic mass is 9.98. The number of hydrogen-bond donors (Lipinski definition) is 0. The highest BCUT2D eigenvalue weighted by Gasteiger charge is 2.22. The van der Waals surface area contributed by atoms with Crippen molar-refractivity contribution < 1.29 is 9.15 Å². The monoisotopic (exact) mass is 641 g/mol. The van der Waals surface area contributed by atoms with Gasteiger partial charge in [-0.1, -0.05) is 115 Å². The Hall–Kier alpha value is -6.58. The predicted molar refractivity (Wildman–Crippen MR) is 208 cm³/mol. The van der Waals surface area contributed by atoms with Gasteiger partial charge >= 0.3 is 0 Å². The molecule has 1 aliphatic heterocycles. The highest BCUT2D eigenvalue weighted by atomic mass is 16.5. The Morgan fingerprint density at radius 1 is 0.440 bits per heavy atom. The second kappa shape index (κ2) is 11.5. The second-order valence-electron chi connectivity index (χ2n) is 12.9. The van der Waals surface area contributed by atoms with E-state index in [4.69, 9.17) is 9.15 Å². The molecule has 0 radical (unpaired) electrons. The van der Waals surface area contributed by atoms with Gasteiger partial charge in [-0.15, -0.1) is 0 Å². The van der Waals surface area contributed by atoms with E-state index in [2.05, 4.69) is 151 Å². The number of ether oxygens (including phenoxy) is 1. The highest BCUT2D eigenvalue weighted by molar-refractivity contribution is 6.11. The molecule has 0 atom stereocenters. The Kier molecular flexibility index (Phi) is 6.56. The molecular formula is C47H31NO2. The van der Waals surface area contributed by atoms with Crippen molar-refractivity contribution in [1.29, 1.82) is 0 Å². The van der Waals surface area contributed by atoms with Crippen LogP contribution >= 0.6 is 0 Å². The molecule has 2 heterocycles. The van der Waals surface area contributed by atoms with Gasteiger partial charge in [-0.2, -0.15) is 0 Å². The molecule has 3 heteroatoms. The fraction of sp³-hybridized carbons (Fsp3) is 0.0213. The summed E-state index contributed by atoms with van der Waals surface area (Å²) in [6, 6.07) is 60.2. The van der Waals surface area contributed by atoms with Crippen LogP contribution in [0.4, 0.5) is 17.1 Å². The number of fused-ring (bicyclic) bond motifs is 8. The van der Waals surface area contributed by atoms with Crippen molar-refractivity contribution >= 4 is 66.3 Å². The van der Waals surface area contributed by atoms with Crippen LogP contribution in [0.25, 0.3) is 60.4 Å². The molecule has 8 aromatic carbocycles. The number of rotatable bonds is 5. The molecule has 10 rings (SSSR count). The van der Waals surface area contributed by atoms with Gasteiger partial charge in [0.05, 0.1) is 0 Å². The zero-order valence-corrected chi connectivity index (χ0v) is 27.2. The first-order valence-corrected chi connectivity index (χ1v) is 17.1. The van der Waals surface area contributed by atoms with Gasteiger partial charge in [-0.25, -0.2) is 0 Å². The van der Waals surface area contributed by atoms with Crippen LogP contribution in [0.5, 0.6) is 5.75 Å². The molecule has 1 aliphatic rings. The van der Waals surface area contributed by atoms with Crippen molar-refractivity contribution in [3.8, 4) is 16.9 Å². The zero-order chi connectivity index (χ0) is 33.0. The summed E-state index contributed by atoms with van der Waals surface area (Å²) >= 11 is 0. The van der Waals surface area contributed by atoms with Gasteiger partial charge < -0.3 is 14.1 Å². The molecule has 0 aliphatic carbocycles. The zero-order valence-electron chi connectivity index (χ0n) is 27.2. The first kappa shape index (κ1) is 28.4. The largest absolute Gasteiger partial charge is 0.457 e. The molecule has 50 heavy (non-hydrogen) atoms. The van der Waals surface area contributed by atoms with Crippen molar-refractivity contribution in [2.45, 2.75) is 6.42 Å². The number of nitrogens with zero attached hydrogens (tertiary/aromatic N) is 1. The van der Waals surface area contributed by atoms with E-state index >= 15 is 0 Å². The molecule has 3 nitrogen and oxygen atoms in total. The first-order chi connectivity index (χ1) is 24.8.